The van der Waals surface area contributed by atoms with Gasteiger partial charge in [0.1, 0.15) is 5.69 Å². The molecule has 0 amide bonds. The fourth-order valence-electron chi connectivity index (χ4n) is 2.22. The molecular formula is C11H18N6O2. The van der Waals surface area contributed by atoms with E-state index in [0.717, 1.165) is 12.8 Å². The minimum absolute atomic E-state index is 0.0924. The lowest BCUT2D eigenvalue weighted by molar-refractivity contribution is -0.385. The fraction of sp³-hybridized carbons (Fsp3) is 0.636. The van der Waals surface area contributed by atoms with Crippen LogP contribution >= 0.6 is 0 Å². The Labute approximate surface area is 110 Å². The predicted octanol–water partition coefficient (Wildman–Crippen LogP) is 1.58. The molecule has 8 nitrogen and oxygen atoms in total. The summed E-state index contributed by atoms with van der Waals surface area (Å²) in [4.78, 5) is 18.6. The van der Waals surface area contributed by atoms with Gasteiger partial charge in [-0.2, -0.15) is 4.98 Å². The zero-order chi connectivity index (χ0) is 14.0. The van der Waals surface area contributed by atoms with E-state index >= 15 is 0 Å². The van der Waals surface area contributed by atoms with Gasteiger partial charge in [-0.1, -0.05) is 6.42 Å². The average molecular weight is 266 g/mol. The molecule has 1 fully saturated rings. The van der Waals surface area contributed by atoms with Crippen molar-refractivity contribution in [3.8, 4) is 0 Å². The molecule has 8 heteroatoms. The molecule has 1 heterocycles. The zero-order valence-electron chi connectivity index (χ0n) is 11.0. The monoisotopic (exact) mass is 266 g/mol. The summed E-state index contributed by atoms with van der Waals surface area (Å²) in [5.41, 5.74) is 2.52. The second-order valence-electron chi connectivity index (χ2n) is 4.86. The number of nitrogens with one attached hydrogen (secondary N) is 2. The molecular weight excluding hydrogens is 248 g/mol. The Morgan fingerprint density at radius 1 is 1.47 bits per heavy atom. The number of anilines is 2. The number of nitrogen functional groups attached to an aromatic ring is 1. The molecule has 1 aliphatic carbocycles. The third kappa shape index (κ3) is 2.73. The number of nitrogens with two attached hydrogens (primary N) is 1. The van der Waals surface area contributed by atoms with Crippen molar-refractivity contribution in [1.29, 1.82) is 0 Å². The summed E-state index contributed by atoms with van der Waals surface area (Å²) in [5, 5.41) is 14.2. The highest BCUT2D eigenvalue weighted by atomic mass is 16.6. The van der Waals surface area contributed by atoms with Crippen molar-refractivity contribution in [2.45, 2.75) is 39.2 Å². The average Bonchev–Trinajstić information content (AvgIpc) is 2.24. The first-order chi connectivity index (χ1) is 9.02. The molecule has 19 heavy (non-hydrogen) atoms. The lowest BCUT2D eigenvalue weighted by Gasteiger charge is -2.32. The summed E-state index contributed by atoms with van der Waals surface area (Å²) in [5.74, 6) is 6.21. The molecule has 1 unspecified atom stereocenters. The van der Waals surface area contributed by atoms with Crippen LogP contribution in [0.1, 0.15) is 31.9 Å². The number of nitro groups is 1. The van der Waals surface area contributed by atoms with Crippen LogP contribution in [-0.4, -0.2) is 20.9 Å². The van der Waals surface area contributed by atoms with E-state index in [0.29, 0.717) is 5.92 Å². The van der Waals surface area contributed by atoms with E-state index in [1.54, 1.807) is 6.92 Å². The predicted molar refractivity (Wildman–Crippen MR) is 71.7 cm³/mol. The third-order valence-corrected chi connectivity index (χ3v) is 3.59. The van der Waals surface area contributed by atoms with Crippen LogP contribution in [-0.2, 0) is 0 Å². The van der Waals surface area contributed by atoms with Gasteiger partial charge in [-0.3, -0.25) is 15.5 Å². The maximum absolute atomic E-state index is 11.1. The lowest BCUT2D eigenvalue weighted by Crippen LogP contribution is -2.31. The van der Waals surface area contributed by atoms with E-state index in [1.165, 1.54) is 6.42 Å². The quantitative estimate of drug-likeness (QED) is 0.420. The van der Waals surface area contributed by atoms with E-state index in [2.05, 4.69) is 20.7 Å². The van der Waals surface area contributed by atoms with Gasteiger partial charge in [-0.15, -0.1) is 0 Å². The van der Waals surface area contributed by atoms with Gasteiger partial charge in [-0.05, 0) is 32.6 Å². The number of hydrogen-bond donors (Lipinski definition) is 3. The van der Waals surface area contributed by atoms with Gasteiger partial charge in [0.15, 0.2) is 0 Å². The van der Waals surface area contributed by atoms with Crippen LogP contribution in [0.2, 0.25) is 0 Å². The van der Waals surface area contributed by atoms with Crippen LogP contribution in [0.5, 0.6) is 0 Å². The fourth-order valence-corrected chi connectivity index (χ4v) is 2.22. The van der Waals surface area contributed by atoms with E-state index in [-0.39, 0.29) is 29.2 Å². The first-order valence-electron chi connectivity index (χ1n) is 6.29. The maximum Gasteiger partial charge on any atom is 0.332 e. The minimum atomic E-state index is -0.467. The van der Waals surface area contributed by atoms with Gasteiger partial charge in [0.25, 0.3) is 0 Å². The van der Waals surface area contributed by atoms with Crippen molar-refractivity contribution in [3.63, 3.8) is 0 Å². The molecule has 0 bridgehead atoms. The van der Waals surface area contributed by atoms with E-state index in [4.69, 9.17) is 5.84 Å². The standard InChI is InChI=1S/C11H18N6O2/c1-6(8-4-3-5-8)13-10-9(17(18)19)7(2)14-11(15-10)16-12/h6,8H,3-5,12H2,1-2H3,(H2,13,14,15,16). The molecule has 1 aromatic rings. The number of aromatic nitrogens is 2. The molecule has 0 aromatic carbocycles. The van der Waals surface area contributed by atoms with E-state index in [1.807, 2.05) is 6.92 Å². The molecule has 1 saturated carbocycles. The Hall–Kier alpha value is -1.96. The zero-order valence-corrected chi connectivity index (χ0v) is 11.0. The highest BCUT2D eigenvalue weighted by Gasteiger charge is 2.28. The highest BCUT2D eigenvalue weighted by molar-refractivity contribution is 5.61. The second kappa shape index (κ2) is 5.35. The lowest BCUT2D eigenvalue weighted by atomic mass is 9.80. The van der Waals surface area contributed by atoms with Gasteiger partial charge >= 0.3 is 5.69 Å². The van der Waals surface area contributed by atoms with Crippen LogP contribution in [0.25, 0.3) is 0 Å². The number of hydrogen-bond acceptors (Lipinski definition) is 7. The van der Waals surface area contributed by atoms with Gasteiger partial charge in [0.05, 0.1) is 4.92 Å². The topological polar surface area (TPSA) is 119 Å². The van der Waals surface area contributed by atoms with Crippen LogP contribution in [0, 0.1) is 23.0 Å². The number of hydrazine groups is 1. The molecule has 1 aliphatic rings. The normalized spacial score (nSPS) is 16.6. The summed E-state index contributed by atoms with van der Waals surface area (Å²) < 4.78 is 0. The second-order valence-corrected chi connectivity index (χ2v) is 4.86. The molecule has 0 radical (unpaired) electrons. The Balaban J connectivity index is 2.29. The van der Waals surface area contributed by atoms with Crippen LogP contribution < -0.4 is 16.6 Å². The number of nitrogens with zero attached hydrogens (tertiary/aromatic N) is 3. The van der Waals surface area contributed by atoms with Gasteiger partial charge < -0.3 is 5.32 Å². The molecule has 0 aliphatic heterocycles. The van der Waals surface area contributed by atoms with Crippen molar-refractivity contribution in [3.05, 3.63) is 15.8 Å². The molecule has 2 rings (SSSR count). The summed E-state index contributed by atoms with van der Waals surface area (Å²) in [6.07, 6.45) is 3.51. The Bertz CT molecular complexity index is 488. The smallest absolute Gasteiger partial charge is 0.332 e. The van der Waals surface area contributed by atoms with Gasteiger partial charge in [0.2, 0.25) is 11.8 Å². The van der Waals surface area contributed by atoms with Gasteiger partial charge in [-0.25, -0.2) is 10.8 Å². The summed E-state index contributed by atoms with van der Waals surface area (Å²) in [6, 6.07) is 0.146. The molecule has 4 N–H and O–H groups in total. The summed E-state index contributed by atoms with van der Waals surface area (Å²) in [7, 11) is 0. The first-order valence-corrected chi connectivity index (χ1v) is 6.29. The first kappa shape index (κ1) is 13.5. The Kier molecular flexibility index (Phi) is 3.79. The van der Waals surface area contributed by atoms with Crippen molar-refractivity contribution < 1.29 is 4.92 Å². The Morgan fingerprint density at radius 3 is 2.63 bits per heavy atom. The Morgan fingerprint density at radius 2 is 2.16 bits per heavy atom. The minimum Gasteiger partial charge on any atom is -0.361 e. The van der Waals surface area contributed by atoms with E-state index in [9.17, 15) is 10.1 Å². The third-order valence-electron chi connectivity index (χ3n) is 3.59. The largest absolute Gasteiger partial charge is 0.361 e. The van der Waals surface area contributed by atoms with Crippen LogP contribution in [0.4, 0.5) is 17.5 Å². The van der Waals surface area contributed by atoms with Crippen molar-refractivity contribution in [1.82, 2.24) is 9.97 Å². The van der Waals surface area contributed by atoms with Gasteiger partial charge in [0, 0.05) is 6.04 Å². The molecule has 0 saturated heterocycles. The molecule has 0 spiro atoms. The SMILES string of the molecule is Cc1nc(NN)nc(NC(C)C2CCC2)c1[N+](=O)[O-]. The van der Waals surface area contributed by atoms with Crippen LogP contribution in [0.3, 0.4) is 0 Å². The summed E-state index contributed by atoms with van der Waals surface area (Å²) >= 11 is 0. The molecule has 104 valence electrons. The highest BCUT2D eigenvalue weighted by Crippen LogP contribution is 2.33. The maximum atomic E-state index is 11.1. The van der Waals surface area contributed by atoms with Crippen molar-refractivity contribution in [2.24, 2.45) is 11.8 Å². The van der Waals surface area contributed by atoms with E-state index < -0.39 is 4.92 Å². The van der Waals surface area contributed by atoms with Crippen LogP contribution in [0.15, 0.2) is 0 Å². The summed E-state index contributed by atoms with van der Waals surface area (Å²) in [6.45, 7) is 3.58. The number of rotatable bonds is 5. The molecule has 1 atom stereocenters. The molecule has 1 aromatic heterocycles. The number of aryl methyl sites for hydroxylation is 1. The van der Waals surface area contributed by atoms with Crippen molar-refractivity contribution in [2.75, 3.05) is 10.7 Å². The van der Waals surface area contributed by atoms with Crippen molar-refractivity contribution >= 4 is 17.5 Å².